The first kappa shape index (κ1) is 54.6. The van der Waals surface area contributed by atoms with Gasteiger partial charge < -0.3 is 23.7 Å². The predicted molar refractivity (Wildman–Crippen MR) is 253 cm³/mol. The molecule has 6 rings (SSSR count). The van der Waals surface area contributed by atoms with Crippen molar-refractivity contribution in [3.63, 3.8) is 0 Å². The topological polar surface area (TPSA) is 186 Å². The number of nitrogens with zero attached hydrogens (tertiary/aromatic N) is 6. The molecule has 5 aliphatic heterocycles. The van der Waals surface area contributed by atoms with Crippen LogP contribution in [-0.4, -0.2) is 111 Å². The lowest BCUT2D eigenvalue weighted by molar-refractivity contribution is -0.298. The van der Waals surface area contributed by atoms with Gasteiger partial charge in [0.05, 0.1) is 0 Å². The molecule has 0 atom stereocenters. The first-order valence-electron chi connectivity index (χ1n) is 24.9. The summed E-state index contributed by atoms with van der Waals surface area (Å²) in [6.45, 7) is 37.8. The fourth-order valence-electron chi connectivity index (χ4n) is 13.4. The van der Waals surface area contributed by atoms with E-state index >= 15 is 0 Å². The van der Waals surface area contributed by atoms with Crippen LogP contribution in [0.3, 0.4) is 0 Å². The summed E-state index contributed by atoms with van der Waals surface area (Å²) >= 11 is 0. The van der Waals surface area contributed by atoms with E-state index in [0.717, 1.165) is 25.3 Å². The van der Waals surface area contributed by atoms with Gasteiger partial charge in [-0.15, -0.1) is 51.4 Å². The van der Waals surface area contributed by atoms with Gasteiger partial charge >= 0.3 is 0 Å². The Kier molecular flexibility index (Phi) is 14.1. The van der Waals surface area contributed by atoms with Crippen molar-refractivity contribution < 1.29 is 49.7 Å². The van der Waals surface area contributed by atoms with Crippen LogP contribution >= 0.6 is 0 Å². The van der Waals surface area contributed by atoms with Crippen molar-refractivity contribution in [1.82, 2.24) is 25.3 Å². The number of hydrogen-bond acceptors (Lipinski definition) is 11. The highest BCUT2D eigenvalue weighted by molar-refractivity contribution is 5.74. The van der Waals surface area contributed by atoms with E-state index in [0.29, 0.717) is 64.2 Å². The zero-order chi connectivity index (χ0) is 51.6. The summed E-state index contributed by atoms with van der Waals surface area (Å²) in [5.74, 6) is 0.473. The maximum absolute atomic E-state index is 13.8. The van der Waals surface area contributed by atoms with Crippen LogP contribution in [-0.2, 0) is 26.0 Å². The van der Waals surface area contributed by atoms with Gasteiger partial charge in [0.25, 0.3) is 0 Å². The number of rotatable bonds is 10. The van der Waals surface area contributed by atoms with Gasteiger partial charge in [0.2, 0.25) is 17.2 Å². The van der Waals surface area contributed by atoms with Crippen molar-refractivity contribution in [2.75, 3.05) is 0 Å². The summed E-state index contributed by atoms with van der Waals surface area (Å²) < 4.78 is 36.4. The number of ether oxygens (including phenoxy) is 5. The molecule has 0 bridgehead atoms. The zero-order valence-corrected chi connectivity index (χ0v) is 45.2. The Balaban J connectivity index is 1.69. The van der Waals surface area contributed by atoms with Crippen molar-refractivity contribution >= 4 is 0 Å². The third kappa shape index (κ3) is 10.5. The van der Waals surface area contributed by atoms with Crippen molar-refractivity contribution in [1.29, 1.82) is 5.26 Å². The highest BCUT2D eigenvalue weighted by Gasteiger charge is 2.54. The minimum Gasteiger partial charge on any atom is -0.485 e. The molecular formula is C52H85N6O10. The van der Waals surface area contributed by atoms with E-state index in [4.69, 9.17) is 23.7 Å². The lowest BCUT2D eigenvalue weighted by Crippen LogP contribution is -2.61. The molecule has 5 aliphatic rings. The molecule has 5 saturated heterocycles. The van der Waals surface area contributed by atoms with E-state index in [1.165, 1.54) is 0 Å². The second-order valence-corrected chi connectivity index (χ2v) is 27.5. The molecule has 1 aromatic rings. The Labute approximate surface area is 408 Å². The smallest absolute Gasteiger partial charge is 0.211 e. The van der Waals surface area contributed by atoms with Crippen LogP contribution in [0.4, 0.5) is 0 Å². The monoisotopic (exact) mass is 954 g/mol. The number of nitriles is 1. The van der Waals surface area contributed by atoms with E-state index in [2.05, 4.69) is 6.07 Å². The Morgan fingerprint density at radius 3 is 0.588 bits per heavy atom. The first-order chi connectivity index (χ1) is 30.6. The van der Waals surface area contributed by atoms with Crippen LogP contribution in [0.2, 0.25) is 0 Å². The predicted octanol–water partition coefficient (Wildman–Crippen LogP) is 10.3. The van der Waals surface area contributed by atoms with Gasteiger partial charge in [-0.25, -0.2) is 0 Å². The van der Waals surface area contributed by atoms with Crippen LogP contribution in [0, 0.1) is 11.3 Å². The van der Waals surface area contributed by atoms with E-state index in [-0.39, 0.29) is 34.3 Å². The largest absolute Gasteiger partial charge is 0.485 e. The second kappa shape index (κ2) is 17.5. The molecule has 0 amide bonds. The average molecular weight is 954 g/mol. The van der Waals surface area contributed by atoms with Crippen LogP contribution in [0.25, 0.3) is 0 Å². The molecule has 5 radical (unpaired) electrons. The van der Waals surface area contributed by atoms with Gasteiger partial charge in [0, 0.05) is 120 Å². The number of piperidine rings is 5. The van der Waals surface area contributed by atoms with Crippen molar-refractivity contribution in [2.45, 2.75) is 289 Å². The summed E-state index contributed by atoms with van der Waals surface area (Å²) in [6.07, 6.45) is 0.258. The summed E-state index contributed by atoms with van der Waals surface area (Å²) in [7, 11) is 0. The molecule has 5 heterocycles. The number of benzene rings is 1. The lowest BCUT2D eigenvalue weighted by Gasteiger charge is -2.51. The first-order valence-corrected chi connectivity index (χ1v) is 24.9. The molecule has 0 N–H and O–H groups in total. The SMILES string of the molecule is CC1(C)CC(Oc2c(C#N)c(OC3CC(C)(C)N([O])C(C)(C)C3)c(OC3CC(C)(C)N([O])C(C)(C)C3)c(OC3CC(C)(C)N([O])C(C)(C)C3)c2OC2CC(C)(C)N([O])C(C)(C)C2)CC(C)(C)N1[O]. The second-order valence-electron chi connectivity index (χ2n) is 27.5. The lowest BCUT2D eigenvalue weighted by atomic mass is 9.79. The zero-order valence-electron chi connectivity index (χ0n) is 45.2. The Bertz CT molecular complexity index is 1870. The van der Waals surface area contributed by atoms with Gasteiger partial charge in [-0.05, 0) is 138 Å². The molecule has 5 fully saturated rings. The van der Waals surface area contributed by atoms with Crippen molar-refractivity contribution in [3.05, 3.63) is 5.56 Å². The molecule has 0 saturated carbocycles. The van der Waals surface area contributed by atoms with Crippen molar-refractivity contribution in [3.8, 4) is 34.8 Å². The highest BCUT2D eigenvalue weighted by atomic mass is 16.6. The van der Waals surface area contributed by atoms with Crippen LogP contribution in [0.1, 0.15) is 208 Å². The van der Waals surface area contributed by atoms with Crippen molar-refractivity contribution in [2.24, 2.45) is 0 Å². The molecule has 68 heavy (non-hydrogen) atoms. The van der Waals surface area contributed by atoms with Gasteiger partial charge in [-0.1, -0.05) is 0 Å². The Morgan fingerprint density at radius 1 is 0.309 bits per heavy atom. The van der Waals surface area contributed by atoms with E-state index in [1.807, 2.05) is 138 Å². The molecule has 1 aromatic carbocycles. The number of hydroxylamine groups is 10. The number of hydrogen-bond donors (Lipinski definition) is 0. The molecule has 0 unspecified atom stereocenters. The molecule has 383 valence electrons. The fraction of sp³-hybridized carbons (Fsp3) is 0.865. The normalized spacial score (nSPS) is 28.9. The molecule has 16 heteroatoms. The summed E-state index contributed by atoms with van der Waals surface area (Å²) in [5.41, 5.74) is -8.49. The standard InChI is InChI=1S/C52H85N6O10/c1-43(2)21-32(22-44(3,4)54(43)59)64-38-37(31-53)39(65-33-23-45(5,6)55(60)46(7,8)24-33)41(67-35-27-49(13,14)57(62)50(15,16)28-35)42(68-36-29-51(17,18)58(63)52(19,20)30-36)40(38)66-34-25-47(9,10)56(61)48(11,12)26-34/h32-36H,21-30H2,1-20H3. The molecule has 0 spiro atoms. The Morgan fingerprint density at radius 2 is 0.441 bits per heavy atom. The molecular weight excluding hydrogens is 869 g/mol. The van der Waals surface area contributed by atoms with E-state index in [1.54, 1.807) is 0 Å². The summed E-state index contributed by atoms with van der Waals surface area (Å²) in [6, 6.07) is 2.47. The maximum Gasteiger partial charge on any atom is 0.211 e. The third-order valence-corrected chi connectivity index (χ3v) is 15.6. The molecule has 0 aliphatic carbocycles. The fourth-order valence-corrected chi connectivity index (χ4v) is 13.4. The van der Waals surface area contributed by atoms with Gasteiger partial charge in [-0.3, -0.25) is 0 Å². The van der Waals surface area contributed by atoms with Crippen LogP contribution in [0.5, 0.6) is 28.7 Å². The third-order valence-electron chi connectivity index (χ3n) is 15.6. The minimum atomic E-state index is -0.851. The van der Waals surface area contributed by atoms with E-state index < -0.39 is 85.9 Å². The quantitative estimate of drug-likeness (QED) is 0.217. The average Bonchev–Trinajstić information content (AvgIpc) is 3.14. The van der Waals surface area contributed by atoms with Gasteiger partial charge in [0.1, 0.15) is 42.2 Å². The van der Waals surface area contributed by atoms with E-state index in [9.17, 15) is 31.3 Å². The summed E-state index contributed by atoms with van der Waals surface area (Å²) in [5, 5.41) is 86.2. The van der Waals surface area contributed by atoms with Crippen LogP contribution < -0.4 is 23.7 Å². The molecule has 0 aromatic heterocycles. The van der Waals surface area contributed by atoms with Gasteiger partial charge in [-0.2, -0.15) is 5.26 Å². The summed E-state index contributed by atoms with van der Waals surface area (Å²) in [4.78, 5) is 0. The molecule has 16 nitrogen and oxygen atoms in total. The Hall–Kier alpha value is -2.69. The van der Waals surface area contributed by atoms with Crippen LogP contribution in [0.15, 0.2) is 0 Å². The van der Waals surface area contributed by atoms with Gasteiger partial charge in [0.15, 0.2) is 11.5 Å². The maximum atomic E-state index is 13.8. The highest BCUT2D eigenvalue weighted by Crippen LogP contribution is 2.59. The minimum absolute atomic E-state index is 0.00252.